The zero-order valence-electron chi connectivity index (χ0n) is 14.3. The van der Waals surface area contributed by atoms with Crippen LogP contribution in [-0.4, -0.2) is 35.0 Å². The van der Waals surface area contributed by atoms with Gasteiger partial charge in [0.05, 0.1) is 36.6 Å². The maximum Gasteiger partial charge on any atom is 0.323 e. The predicted molar refractivity (Wildman–Crippen MR) is 97.0 cm³/mol. The summed E-state index contributed by atoms with van der Waals surface area (Å²) in [6.45, 7) is -1.18. The van der Waals surface area contributed by atoms with E-state index in [9.17, 15) is 23.2 Å². The fourth-order valence-electron chi connectivity index (χ4n) is 3.02. The fourth-order valence-corrected chi connectivity index (χ4v) is 3.02. The minimum Gasteiger partial charge on any atom is -0.361 e. The number of aromatic nitrogens is 2. The fraction of sp³-hybridized carbons (Fsp3) is 0.167. The molecular formula is C18H13F3N6O. The molecule has 1 aromatic carbocycles. The number of benzene rings is 1. The molecule has 3 N–H and O–H groups in total. The first-order valence-electron chi connectivity index (χ1n) is 8.22. The second-order valence-electron chi connectivity index (χ2n) is 6.40. The van der Waals surface area contributed by atoms with Gasteiger partial charge in [-0.05, 0) is 18.2 Å². The van der Waals surface area contributed by atoms with Crippen LogP contribution in [0.2, 0.25) is 0 Å². The minimum absolute atomic E-state index is 0.0625. The van der Waals surface area contributed by atoms with Gasteiger partial charge in [0.1, 0.15) is 0 Å². The predicted octanol–water partition coefficient (Wildman–Crippen LogP) is 3.67. The summed E-state index contributed by atoms with van der Waals surface area (Å²) < 4.78 is 40.0. The number of alkyl halides is 2. The van der Waals surface area contributed by atoms with E-state index < -0.39 is 30.9 Å². The van der Waals surface area contributed by atoms with Crippen LogP contribution in [0.4, 0.5) is 35.2 Å². The van der Waals surface area contributed by atoms with E-state index in [1.54, 1.807) is 18.3 Å². The molecule has 7 nitrogen and oxygen atoms in total. The third-order valence-corrected chi connectivity index (χ3v) is 4.27. The van der Waals surface area contributed by atoms with Crippen molar-refractivity contribution in [1.82, 2.24) is 9.97 Å². The number of hydrogen-bond acceptors (Lipinski definition) is 4. The number of pyridine rings is 1. The Hall–Kier alpha value is -3.74. The number of urea groups is 1. The van der Waals surface area contributed by atoms with Crippen LogP contribution >= 0.6 is 0 Å². The standard InChI is InChI=1S/C18H13F3N6O/c19-14-4-12(7-24-16(14)27-8-18(20,21)9-27)26-17(28)25-11-3-10(6-22)13-1-2-23-15(13)5-11/h1-5,7,23H,8-9H2,(H2,25,26,28). The number of anilines is 3. The molecule has 0 spiro atoms. The smallest absolute Gasteiger partial charge is 0.323 e. The lowest BCUT2D eigenvalue weighted by Gasteiger charge is -2.39. The number of carbonyl (C=O) groups is 1. The highest BCUT2D eigenvalue weighted by Crippen LogP contribution is 2.32. The zero-order chi connectivity index (χ0) is 19.9. The summed E-state index contributed by atoms with van der Waals surface area (Å²) in [5, 5.41) is 14.9. The Labute approximate surface area is 156 Å². The number of hydrogen-bond donors (Lipinski definition) is 3. The maximum atomic E-state index is 14.1. The number of H-pyrrole nitrogens is 1. The second-order valence-corrected chi connectivity index (χ2v) is 6.40. The average Bonchev–Trinajstić information content (AvgIpc) is 3.07. The van der Waals surface area contributed by atoms with Gasteiger partial charge in [0.25, 0.3) is 5.92 Å². The number of halogens is 3. The molecule has 0 saturated carbocycles. The number of carbonyl (C=O) groups excluding carboxylic acids is 1. The van der Waals surface area contributed by atoms with Crippen LogP contribution in [0.15, 0.2) is 36.7 Å². The number of nitrogens with one attached hydrogen (secondary N) is 3. The largest absolute Gasteiger partial charge is 0.361 e. The Balaban J connectivity index is 1.46. The molecule has 2 aromatic heterocycles. The van der Waals surface area contributed by atoms with Crippen molar-refractivity contribution in [2.45, 2.75) is 5.92 Å². The monoisotopic (exact) mass is 386 g/mol. The number of aromatic amines is 1. The normalized spacial score (nSPS) is 15.0. The summed E-state index contributed by atoms with van der Waals surface area (Å²) >= 11 is 0. The van der Waals surface area contributed by atoms with Crippen molar-refractivity contribution in [3.8, 4) is 6.07 Å². The molecule has 142 valence electrons. The molecule has 0 radical (unpaired) electrons. The van der Waals surface area contributed by atoms with Crippen LogP contribution < -0.4 is 15.5 Å². The van der Waals surface area contributed by atoms with Crippen molar-refractivity contribution in [2.24, 2.45) is 0 Å². The van der Waals surface area contributed by atoms with Crippen LogP contribution in [0.3, 0.4) is 0 Å². The Bertz CT molecular complexity index is 1110. The summed E-state index contributed by atoms with van der Waals surface area (Å²) in [6.07, 6.45) is 2.86. The maximum absolute atomic E-state index is 14.1. The lowest BCUT2D eigenvalue weighted by Crippen LogP contribution is -2.57. The Morgan fingerprint density at radius 1 is 1.25 bits per heavy atom. The molecule has 0 aliphatic carbocycles. The van der Waals surface area contributed by atoms with E-state index in [0.29, 0.717) is 16.8 Å². The number of amides is 2. The number of fused-ring (bicyclic) bond motifs is 1. The molecular weight excluding hydrogens is 373 g/mol. The van der Waals surface area contributed by atoms with Gasteiger partial charge in [-0.3, -0.25) is 0 Å². The van der Waals surface area contributed by atoms with Gasteiger partial charge in [-0.1, -0.05) is 0 Å². The number of nitrogens with zero attached hydrogens (tertiary/aromatic N) is 3. The van der Waals surface area contributed by atoms with Gasteiger partial charge in [-0.25, -0.2) is 22.9 Å². The van der Waals surface area contributed by atoms with E-state index in [4.69, 9.17) is 0 Å². The van der Waals surface area contributed by atoms with E-state index in [1.165, 1.54) is 12.3 Å². The third kappa shape index (κ3) is 3.29. The van der Waals surface area contributed by atoms with E-state index >= 15 is 0 Å². The third-order valence-electron chi connectivity index (χ3n) is 4.27. The molecule has 1 aliphatic heterocycles. The van der Waals surface area contributed by atoms with Gasteiger partial charge in [0, 0.05) is 28.9 Å². The van der Waals surface area contributed by atoms with Gasteiger partial charge in [-0.15, -0.1) is 0 Å². The summed E-state index contributed by atoms with van der Waals surface area (Å²) in [5.41, 5.74) is 1.50. The first-order valence-corrected chi connectivity index (χ1v) is 8.22. The number of nitriles is 1. The lowest BCUT2D eigenvalue weighted by atomic mass is 10.1. The van der Waals surface area contributed by atoms with Crippen molar-refractivity contribution >= 4 is 34.1 Å². The molecule has 0 unspecified atom stereocenters. The highest BCUT2D eigenvalue weighted by molar-refractivity contribution is 6.01. The van der Waals surface area contributed by atoms with Gasteiger partial charge in [0.15, 0.2) is 11.6 Å². The molecule has 28 heavy (non-hydrogen) atoms. The lowest BCUT2D eigenvalue weighted by molar-refractivity contribution is -0.0270. The van der Waals surface area contributed by atoms with Crippen LogP contribution in [0.5, 0.6) is 0 Å². The van der Waals surface area contributed by atoms with E-state index in [0.717, 1.165) is 16.4 Å². The molecule has 0 atom stereocenters. The Morgan fingerprint density at radius 3 is 2.68 bits per heavy atom. The summed E-state index contributed by atoms with van der Waals surface area (Å²) in [5.74, 6) is -3.84. The van der Waals surface area contributed by atoms with E-state index in [2.05, 4.69) is 26.7 Å². The topological polar surface area (TPSA) is 96.8 Å². The zero-order valence-corrected chi connectivity index (χ0v) is 14.3. The second kappa shape index (κ2) is 6.45. The van der Waals surface area contributed by atoms with Crippen LogP contribution in [0.1, 0.15) is 5.56 Å². The van der Waals surface area contributed by atoms with Crippen LogP contribution in [0.25, 0.3) is 10.9 Å². The average molecular weight is 386 g/mol. The number of rotatable bonds is 3. The van der Waals surface area contributed by atoms with Gasteiger partial charge < -0.3 is 20.5 Å². The van der Waals surface area contributed by atoms with E-state index in [1.807, 2.05) is 0 Å². The summed E-state index contributed by atoms with van der Waals surface area (Å²) in [4.78, 5) is 20.1. The molecule has 10 heteroatoms. The summed E-state index contributed by atoms with van der Waals surface area (Å²) in [7, 11) is 0. The molecule has 1 fully saturated rings. The van der Waals surface area contributed by atoms with Crippen LogP contribution in [-0.2, 0) is 0 Å². The van der Waals surface area contributed by atoms with Gasteiger partial charge >= 0.3 is 6.03 Å². The molecule has 4 rings (SSSR count). The van der Waals surface area contributed by atoms with Crippen molar-refractivity contribution in [1.29, 1.82) is 5.26 Å². The van der Waals surface area contributed by atoms with Gasteiger partial charge in [0.2, 0.25) is 0 Å². The molecule has 1 aliphatic rings. The van der Waals surface area contributed by atoms with Crippen LogP contribution in [0, 0.1) is 17.1 Å². The molecule has 2 amide bonds. The van der Waals surface area contributed by atoms with E-state index in [-0.39, 0.29) is 11.5 Å². The Morgan fingerprint density at radius 2 is 2.00 bits per heavy atom. The molecule has 3 heterocycles. The highest BCUT2D eigenvalue weighted by Gasteiger charge is 2.45. The first kappa shape index (κ1) is 17.7. The SMILES string of the molecule is N#Cc1cc(NC(=O)Nc2cnc(N3CC(F)(F)C3)c(F)c2)cc2[nH]ccc12. The first-order chi connectivity index (χ1) is 13.3. The van der Waals surface area contributed by atoms with Crippen molar-refractivity contribution in [3.05, 3.63) is 48.0 Å². The Kier molecular flexibility index (Phi) is 4.07. The molecule has 0 bridgehead atoms. The summed E-state index contributed by atoms with van der Waals surface area (Å²) in [6, 6.07) is 7.31. The van der Waals surface area contributed by atoms with Crippen molar-refractivity contribution in [3.63, 3.8) is 0 Å². The quantitative estimate of drug-likeness (QED) is 0.640. The molecule has 1 saturated heterocycles. The van der Waals surface area contributed by atoms with Crippen molar-refractivity contribution in [2.75, 3.05) is 28.6 Å². The van der Waals surface area contributed by atoms with Gasteiger partial charge in [-0.2, -0.15) is 5.26 Å². The highest BCUT2D eigenvalue weighted by atomic mass is 19.3. The van der Waals surface area contributed by atoms with Crippen molar-refractivity contribution < 1.29 is 18.0 Å². The minimum atomic E-state index is -2.84. The molecule has 3 aromatic rings.